The Morgan fingerprint density at radius 1 is 1.22 bits per heavy atom. The summed E-state index contributed by atoms with van der Waals surface area (Å²) in [6.45, 7) is 3.53. The molecule has 4 aromatic heterocycles. The quantitative estimate of drug-likeness (QED) is 0.399. The fraction of sp³-hybridized carbons (Fsp3) is 0.381. The van der Waals surface area contributed by atoms with Crippen LogP contribution in [-0.2, 0) is 27.1 Å². The van der Waals surface area contributed by atoms with E-state index < -0.39 is 11.9 Å². The van der Waals surface area contributed by atoms with Crippen molar-refractivity contribution in [1.29, 1.82) is 0 Å². The number of methoxy groups -OCH3 is 2. The first-order chi connectivity index (χ1) is 15.3. The van der Waals surface area contributed by atoms with E-state index in [9.17, 15) is 9.18 Å². The van der Waals surface area contributed by atoms with E-state index in [4.69, 9.17) is 21.1 Å². The van der Waals surface area contributed by atoms with Gasteiger partial charge in [0, 0.05) is 51.1 Å². The summed E-state index contributed by atoms with van der Waals surface area (Å²) in [6, 6.07) is 2.93. The van der Waals surface area contributed by atoms with E-state index in [1.807, 2.05) is 6.92 Å². The second-order valence-corrected chi connectivity index (χ2v) is 7.91. The van der Waals surface area contributed by atoms with Gasteiger partial charge in [0.25, 0.3) is 0 Å². The number of aromatic nitrogens is 6. The summed E-state index contributed by atoms with van der Waals surface area (Å²) in [7, 11) is 3.13. The average Bonchev–Trinajstić information content (AvgIpc) is 3.30. The van der Waals surface area contributed by atoms with Crippen LogP contribution in [0.4, 0.5) is 4.39 Å². The number of hydrogen-bond acceptors (Lipinski definition) is 7. The van der Waals surface area contributed by atoms with Crippen molar-refractivity contribution in [3.63, 3.8) is 0 Å². The van der Waals surface area contributed by atoms with Gasteiger partial charge in [0.2, 0.25) is 0 Å². The number of carbonyl (C=O) groups is 1. The summed E-state index contributed by atoms with van der Waals surface area (Å²) in [5, 5.41) is 8.70. The van der Waals surface area contributed by atoms with Gasteiger partial charge in [-0.3, -0.25) is 4.79 Å². The minimum atomic E-state index is -0.528. The topological polar surface area (TPSA) is 95.9 Å². The molecular weight excluding hydrogens is 439 g/mol. The van der Waals surface area contributed by atoms with Crippen LogP contribution in [0, 0.1) is 12.7 Å². The zero-order chi connectivity index (χ0) is 23.0. The molecule has 168 valence electrons. The molecule has 0 radical (unpaired) electrons. The van der Waals surface area contributed by atoms with Gasteiger partial charge in [-0.25, -0.2) is 23.4 Å². The highest BCUT2D eigenvalue weighted by Crippen LogP contribution is 2.28. The Kier molecular flexibility index (Phi) is 6.18. The molecule has 32 heavy (non-hydrogen) atoms. The Hall–Kier alpha value is -2.95. The molecule has 4 rings (SSSR count). The van der Waals surface area contributed by atoms with Crippen LogP contribution in [0.3, 0.4) is 0 Å². The maximum Gasteiger partial charge on any atom is 0.191 e. The minimum absolute atomic E-state index is 0.0145. The van der Waals surface area contributed by atoms with E-state index >= 15 is 0 Å². The maximum absolute atomic E-state index is 14.4. The molecule has 0 bridgehead atoms. The number of hydrogen-bond donors (Lipinski definition) is 0. The minimum Gasteiger partial charge on any atom is -0.379 e. The maximum atomic E-state index is 14.4. The third-order valence-electron chi connectivity index (χ3n) is 5.23. The molecule has 0 spiro atoms. The first-order valence-corrected chi connectivity index (χ1v) is 10.3. The summed E-state index contributed by atoms with van der Waals surface area (Å²) in [4.78, 5) is 21.4. The third kappa shape index (κ3) is 4.21. The van der Waals surface area contributed by atoms with Gasteiger partial charge in [-0.05, 0) is 25.5 Å². The molecule has 0 N–H and O–H groups in total. The lowest BCUT2D eigenvalue weighted by Gasteiger charge is -2.24. The lowest BCUT2D eigenvalue weighted by atomic mass is 9.99. The fourth-order valence-electron chi connectivity index (χ4n) is 3.75. The first kappa shape index (κ1) is 22.3. The van der Waals surface area contributed by atoms with Crippen LogP contribution in [0.2, 0.25) is 5.15 Å². The Labute approximate surface area is 188 Å². The first-order valence-electron chi connectivity index (χ1n) is 9.92. The van der Waals surface area contributed by atoms with Crippen LogP contribution in [0.5, 0.6) is 0 Å². The van der Waals surface area contributed by atoms with Gasteiger partial charge in [-0.15, -0.1) is 0 Å². The molecule has 0 unspecified atom stereocenters. The van der Waals surface area contributed by atoms with Crippen molar-refractivity contribution in [2.24, 2.45) is 0 Å². The summed E-state index contributed by atoms with van der Waals surface area (Å²) in [5.74, 6) is -0.215. The second-order valence-electron chi connectivity index (χ2n) is 7.52. The number of aryl methyl sites for hydroxylation is 1. The highest BCUT2D eigenvalue weighted by atomic mass is 35.5. The number of fused-ring (bicyclic) bond motifs is 2. The molecule has 0 fully saturated rings. The van der Waals surface area contributed by atoms with Crippen molar-refractivity contribution in [2.75, 3.05) is 14.2 Å². The number of pyridine rings is 1. The summed E-state index contributed by atoms with van der Waals surface area (Å²) in [5.41, 5.74) is 2.40. The number of nitrogens with zero attached hydrogens (tertiary/aromatic N) is 6. The van der Waals surface area contributed by atoms with Crippen molar-refractivity contribution in [3.05, 3.63) is 58.1 Å². The Balaban J connectivity index is 1.67. The predicted octanol–water partition coefficient (Wildman–Crippen LogP) is 2.95. The number of carbonyl (C=O) groups excluding carboxylic acids is 1. The summed E-state index contributed by atoms with van der Waals surface area (Å²) in [6.07, 6.45) is 2.43. The molecule has 11 heteroatoms. The van der Waals surface area contributed by atoms with E-state index in [1.54, 1.807) is 44.1 Å². The molecule has 0 aromatic carbocycles. The van der Waals surface area contributed by atoms with E-state index in [2.05, 4.69) is 20.2 Å². The van der Waals surface area contributed by atoms with E-state index in [-0.39, 0.29) is 35.5 Å². The average molecular weight is 461 g/mol. The van der Waals surface area contributed by atoms with Crippen LogP contribution in [0.15, 0.2) is 24.5 Å². The molecule has 0 aliphatic carbocycles. The van der Waals surface area contributed by atoms with Gasteiger partial charge >= 0.3 is 0 Å². The summed E-state index contributed by atoms with van der Waals surface area (Å²) >= 11 is 6.09. The van der Waals surface area contributed by atoms with Crippen molar-refractivity contribution in [1.82, 2.24) is 29.2 Å². The molecule has 2 atom stereocenters. The largest absolute Gasteiger partial charge is 0.379 e. The van der Waals surface area contributed by atoms with Gasteiger partial charge in [-0.2, -0.15) is 10.2 Å². The molecule has 0 aliphatic rings. The molecule has 0 saturated heterocycles. The standard InChI is InChI=1S/C21H22ClFN6O3/c1-11(31-3)20(32-4)19-14(9-24-18-8-17(22)27-29(18)19)7-15(30)5-13-6-16(23)21-25-12(2)26-28(21)10-13/h6,8-11,20H,5,7H2,1-4H3/t11-,20+/m0/s1. The predicted molar refractivity (Wildman–Crippen MR) is 114 cm³/mol. The van der Waals surface area contributed by atoms with Crippen molar-refractivity contribution >= 4 is 28.7 Å². The van der Waals surface area contributed by atoms with Gasteiger partial charge in [-0.1, -0.05) is 11.6 Å². The van der Waals surface area contributed by atoms with Crippen molar-refractivity contribution in [2.45, 2.75) is 38.9 Å². The normalized spacial score (nSPS) is 13.7. The second kappa shape index (κ2) is 8.89. The van der Waals surface area contributed by atoms with E-state index in [0.29, 0.717) is 28.3 Å². The SMILES string of the molecule is CO[C@@H](C)[C@@H](OC)c1c(CC(=O)Cc2cc(F)c3nc(C)nn3c2)cnc2cc(Cl)nn12. The monoisotopic (exact) mass is 460 g/mol. The number of rotatable bonds is 8. The van der Waals surface area contributed by atoms with Crippen LogP contribution >= 0.6 is 11.6 Å². The van der Waals surface area contributed by atoms with E-state index in [0.717, 1.165) is 0 Å². The van der Waals surface area contributed by atoms with Gasteiger partial charge in [0.1, 0.15) is 17.7 Å². The van der Waals surface area contributed by atoms with Gasteiger partial charge < -0.3 is 9.47 Å². The Bertz CT molecular complexity index is 1300. The number of ether oxygens (including phenoxy) is 2. The molecular formula is C21H22ClFN6O3. The van der Waals surface area contributed by atoms with E-state index in [1.165, 1.54) is 10.6 Å². The molecule has 4 aromatic rings. The van der Waals surface area contributed by atoms with Crippen molar-refractivity contribution < 1.29 is 18.7 Å². The lowest BCUT2D eigenvalue weighted by molar-refractivity contribution is -0.117. The number of halogens is 2. The van der Waals surface area contributed by atoms with Crippen LogP contribution in [-0.4, -0.2) is 55.3 Å². The smallest absolute Gasteiger partial charge is 0.191 e. The highest BCUT2D eigenvalue weighted by Gasteiger charge is 2.27. The molecule has 9 nitrogen and oxygen atoms in total. The van der Waals surface area contributed by atoms with Gasteiger partial charge in [0.15, 0.2) is 22.3 Å². The fourth-order valence-corrected chi connectivity index (χ4v) is 3.92. The Morgan fingerprint density at radius 3 is 2.72 bits per heavy atom. The highest BCUT2D eigenvalue weighted by molar-refractivity contribution is 6.29. The molecule has 0 amide bonds. The van der Waals surface area contributed by atoms with Crippen LogP contribution in [0.25, 0.3) is 11.3 Å². The van der Waals surface area contributed by atoms with Crippen molar-refractivity contribution in [3.8, 4) is 0 Å². The Morgan fingerprint density at radius 2 is 2.00 bits per heavy atom. The zero-order valence-corrected chi connectivity index (χ0v) is 18.8. The molecule has 0 saturated carbocycles. The summed E-state index contributed by atoms with van der Waals surface area (Å²) < 4.78 is 28.4. The molecule has 0 aliphatic heterocycles. The van der Waals surface area contributed by atoms with Crippen LogP contribution in [0.1, 0.15) is 35.7 Å². The molecule has 4 heterocycles. The van der Waals surface area contributed by atoms with Gasteiger partial charge in [0.05, 0.1) is 11.8 Å². The number of ketones is 1. The zero-order valence-electron chi connectivity index (χ0n) is 18.0. The van der Waals surface area contributed by atoms with Crippen LogP contribution < -0.4 is 0 Å². The third-order valence-corrected chi connectivity index (χ3v) is 5.42. The number of Topliss-reactive ketones (excluding diaryl/α,β-unsaturated/α-hetero) is 1. The lowest BCUT2D eigenvalue weighted by Crippen LogP contribution is -2.25.